The van der Waals surface area contributed by atoms with Gasteiger partial charge in [0.05, 0.1) is 24.0 Å². The van der Waals surface area contributed by atoms with Gasteiger partial charge < -0.3 is 4.57 Å². The molecule has 0 spiro atoms. The zero-order valence-electron chi connectivity index (χ0n) is 23.9. The Morgan fingerprint density at radius 2 is 1.05 bits per heavy atom. The highest BCUT2D eigenvalue weighted by molar-refractivity contribution is 5.91. The van der Waals surface area contributed by atoms with Crippen molar-refractivity contribution in [1.29, 1.82) is 0 Å². The molecule has 8 rings (SSSR count). The Bertz CT molecular complexity index is 1840. The maximum absolute atomic E-state index is 3.84. The lowest BCUT2D eigenvalue weighted by molar-refractivity contribution is 0.203. The monoisotopic (exact) mass is 558 g/mol. The molecular formula is C39H34N4. The standard InChI is InChI=1S/C39H34N4/c1-4-13-27(14-5-1)30-23-24-36-34(26-30)33-21-10-11-22-35(33)43(36)32-20-12-19-31(25-32)39-41-37(28-15-6-2-7-16-28)40-38(42-39)29-17-8-3-9-18-29/h1-25,30,37-42H,26H2. The second kappa shape index (κ2) is 11.2. The Morgan fingerprint density at radius 3 is 1.70 bits per heavy atom. The molecule has 1 fully saturated rings. The first-order valence-corrected chi connectivity index (χ1v) is 15.2. The summed E-state index contributed by atoms with van der Waals surface area (Å²) < 4.78 is 2.44. The predicted molar refractivity (Wildman–Crippen MR) is 176 cm³/mol. The summed E-state index contributed by atoms with van der Waals surface area (Å²) in [6.07, 6.45) is 5.66. The Hall–Kier alpha value is -4.74. The zero-order chi connectivity index (χ0) is 28.6. The molecule has 1 aromatic heterocycles. The molecule has 0 radical (unpaired) electrons. The van der Waals surface area contributed by atoms with E-state index in [0.717, 1.165) is 6.42 Å². The van der Waals surface area contributed by atoms with Crippen LogP contribution in [0.25, 0.3) is 22.7 Å². The predicted octanol–water partition coefficient (Wildman–Crippen LogP) is 8.16. The average Bonchev–Trinajstić information content (AvgIpc) is 3.43. The number of nitrogens with zero attached hydrogens (tertiary/aromatic N) is 1. The van der Waals surface area contributed by atoms with Crippen molar-refractivity contribution in [3.05, 3.63) is 179 Å². The van der Waals surface area contributed by atoms with E-state index in [2.05, 4.69) is 172 Å². The molecule has 3 unspecified atom stereocenters. The molecule has 1 saturated heterocycles. The van der Waals surface area contributed by atoms with Crippen molar-refractivity contribution in [2.75, 3.05) is 0 Å². The number of hydrogen-bond donors (Lipinski definition) is 3. The van der Waals surface area contributed by atoms with Crippen LogP contribution in [0.2, 0.25) is 0 Å². The number of nitrogens with one attached hydrogen (secondary N) is 3. The summed E-state index contributed by atoms with van der Waals surface area (Å²) in [6.45, 7) is 0. The van der Waals surface area contributed by atoms with E-state index in [4.69, 9.17) is 0 Å². The van der Waals surface area contributed by atoms with E-state index in [1.807, 2.05) is 0 Å². The van der Waals surface area contributed by atoms with Gasteiger partial charge in [0.15, 0.2) is 0 Å². The topological polar surface area (TPSA) is 41.0 Å². The van der Waals surface area contributed by atoms with E-state index in [1.54, 1.807) is 0 Å². The quantitative estimate of drug-likeness (QED) is 0.200. The molecule has 3 atom stereocenters. The molecule has 4 nitrogen and oxygen atoms in total. The molecule has 0 bridgehead atoms. The number of aromatic nitrogens is 1. The molecule has 2 heterocycles. The molecule has 210 valence electrons. The fraction of sp³-hybridized carbons (Fsp3) is 0.128. The number of allylic oxidation sites excluding steroid dienone is 1. The second-order valence-corrected chi connectivity index (χ2v) is 11.5. The third kappa shape index (κ3) is 4.90. The van der Waals surface area contributed by atoms with Crippen LogP contribution in [-0.4, -0.2) is 4.57 Å². The third-order valence-electron chi connectivity index (χ3n) is 8.89. The summed E-state index contributed by atoms with van der Waals surface area (Å²) in [5.74, 6) is 0.382. The van der Waals surface area contributed by atoms with Gasteiger partial charge in [-0.2, -0.15) is 0 Å². The maximum atomic E-state index is 3.84. The van der Waals surface area contributed by atoms with E-state index in [1.165, 1.54) is 50.1 Å². The molecule has 0 amide bonds. The van der Waals surface area contributed by atoms with Gasteiger partial charge in [-0.25, -0.2) is 0 Å². The first-order valence-electron chi connectivity index (χ1n) is 15.2. The average molecular weight is 559 g/mol. The zero-order valence-corrected chi connectivity index (χ0v) is 23.9. The van der Waals surface area contributed by atoms with Gasteiger partial charge >= 0.3 is 0 Å². The largest absolute Gasteiger partial charge is 0.310 e. The van der Waals surface area contributed by atoms with Crippen molar-refractivity contribution in [2.45, 2.75) is 30.8 Å². The van der Waals surface area contributed by atoms with E-state index in [9.17, 15) is 0 Å². The van der Waals surface area contributed by atoms with Crippen LogP contribution in [0, 0.1) is 0 Å². The summed E-state index contributed by atoms with van der Waals surface area (Å²) in [5, 5.41) is 12.8. The molecular weight excluding hydrogens is 524 g/mol. The number of hydrogen-bond acceptors (Lipinski definition) is 3. The van der Waals surface area contributed by atoms with Crippen LogP contribution in [0.3, 0.4) is 0 Å². The minimum atomic E-state index is -0.0488. The summed E-state index contributed by atoms with van der Waals surface area (Å²) in [5.41, 5.74) is 10.1. The van der Waals surface area contributed by atoms with E-state index >= 15 is 0 Å². The highest BCUT2D eigenvalue weighted by Gasteiger charge is 2.30. The van der Waals surface area contributed by atoms with Gasteiger partial charge in [-0.05, 0) is 58.5 Å². The minimum Gasteiger partial charge on any atom is -0.310 e. The number of benzene rings is 5. The molecule has 4 heteroatoms. The normalized spacial score (nSPS) is 21.5. The van der Waals surface area contributed by atoms with Gasteiger partial charge in [-0.15, -0.1) is 0 Å². The lowest BCUT2D eigenvalue weighted by Crippen LogP contribution is -2.54. The molecule has 3 N–H and O–H groups in total. The molecule has 5 aromatic carbocycles. The summed E-state index contributed by atoms with van der Waals surface area (Å²) in [4.78, 5) is 0. The van der Waals surface area contributed by atoms with Crippen LogP contribution in [0.15, 0.2) is 146 Å². The Balaban J connectivity index is 1.18. The number of para-hydroxylation sites is 1. The van der Waals surface area contributed by atoms with Crippen LogP contribution in [-0.2, 0) is 6.42 Å². The molecule has 2 aliphatic rings. The van der Waals surface area contributed by atoms with Crippen LogP contribution >= 0.6 is 0 Å². The lowest BCUT2D eigenvalue weighted by Gasteiger charge is -2.39. The van der Waals surface area contributed by atoms with Crippen LogP contribution in [0.5, 0.6) is 0 Å². The Labute approximate surface area is 252 Å². The SMILES string of the molecule is C1=CC(c2ccccc2)Cc2c1n(-c1cccc(C3NC(c4ccccc4)NC(c4ccccc4)N3)c1)c1ccccc21. The molecule has 1 aliphatic heterocycles. The maximum Gasteiger partial charge on any atom is 0.0865 e. The van der Waals surface area contributed by atoms with Crippen molar-refractivity contribution in [1.82, 2.24) is 20.5 Å². The highest BCUT2D eigenvalue weighted by atomic mass is 15.4. The molecule has 6 aromatic rings. The third-order valence-corrected chi connectivity index (χ3v) is 8.89. The number of fused-ring (bicyclic) bond motifs is 3. The molecule has 43 heavy (non-hydrogen) atoms. The van der Waals surface area contributed by atoms with E-state index in [0.29, 0.717) is 5.92 Å². The van der Waals surface area contributed by atoms with Crippen molar-refractivity contribution < 1.29 is 0 Å². The van der Waals surface area contributed by atoms with Crippen molar-refractivity contribution >= 4 is 17.0 Å². The minimum absolute atomic E-state index is 0.000617. The van der Waals surface area contributed by atoms with Crippen molar-refractivity contribution in [2.24, 2.45) is 0 Å². The van der Waals surface area contributed by atoms with Crippen molar-refractivity contribution in [3.63, 3.8) is 0 Å². The highest BCUT2D eigenvalue weighted by Crippen LogP contribution is 2.39. The van der Waals surface area contributed by atoms with E-state index in [-0.39, 0.29) is 18.5 Å². The van der Waals surface area contributed by atoms with Gasteiger partial charge in [0.2, 0.25) is 0 Å². The van der Waals surface area contributed by atoms with Gasteiger partial charge in [-0.3, -0.25) is 16.0 Å². The van der Waals surface area contributed by atoms with Crippen molar-refractivity contribution in [3.8, 4) is 5.69 Å². The fourth-order valence-electron chi connectivity index (χ4n) is 6.77. The van der Waals surface area contributed by atoms with Gasteiger partial charge in [0, 0.05) is 22.7 Å². The first kappa shape index (κ1) is 25.9. The first-order chi connectivity index (χ1) is 21.3. The second-order valence-electron chi connectivity index (χ2n) is 11.5. The van der Waals surface area contributed by atoms with Crippen LogP contribution < -0.4 is 16.0 Å². The molecule has 1 aliphatic carbocycles. The number of rotatable bonds is 5. The van der Waals surface area contributed by atoms with Crippen LogP contribution in [0.1, 0.15) is 57.9 Å². The lowest BCUT2D eigenvalue weighted by atomic mass is 9.87. The summed E-state index contributed by atoms with van der Waals surface area (Å²) in [6, 6.07) is 49.9. The Morgan fingerprint density at radius 1 is 0.512 bits per heavy atom. The van der Waals surface area contributed by atoms with Gasteiger partial charge in [-0.1, -0.05) is 127 Å². The van der Waals surface area contributed by atoms with Gasteiger partial charge in [0.25, 0.3) is 0 Å². The van der Waals surface area contributed by atoms with Gasteiger partial charge in [0.1, 0.15) is 0 Å². The van der Waals surface area contributed by atoms with Crippen LogP contribution in [0.4, 0.5) is 0 Å². The molecule has 0 saturated carbocycles. The van der Waals surface area contributed by atoms with E-state index < -0.39 is 0 Å². The summed E-state index contributed by atoms with van der Waals surface area (Å²) >= 11 is 0. The fourth-order valence-corrected chi connectivity index (χ4v) is 6.77. The Kier molecular flexibility index (Phi) is 6.73. The summed E-state index contributed by atoms with van der Waals surface area (Å²) in [7, 11) is 0. The smallest absolute Gasteiger partial charge is 0.0865 e.